The predicted octanol–water partition coefficient (Wildman–Crippen LogP) is -1.36. The van der Waals surface area contributed by atoms with Crippen LogP contribution < -0.4 is 5.32 Å². The molecule has 1 aliphatic rings. The average Bonchev–Trinajstić information content (AvgIpc) is 2.28. The van der Waals surface area contributed by atoms with Gasteiger partial charge in [0.1, 0.15) is 0 Å². The van der Waals surface area contributed by atoms with E-state index in [1.807, 2.05) is 5.32 Å². The van der Waals surface area contributed by atoms with Gasteiger partial charge in [0.15, 0.2) is 6.19 Å². The molecular weight excluding hydrogens is 234 g/mol. The van der Waals surface area contributed by atoms with Crippen molar-refractivity contribution in [2.45, 2.75) is 6.42 Å². The lowest BCUT2D eigenvalue weighted by Crippen LogP contribution is -2.42. The third kappa shape index (κ3) is 3.77. The van der Waals surface area contributed by atoms with Crippen molar-refractivity contribution in [1.29, 1.82) is 5.26 Å². The number of nitriles is 1. The number of amides is 1. The molecule has 1 saturated heterocycles. The minimum atomic E-state index is -3.41. The molecule has 1 rings (SSSR count). The molecule has 16 heavy (non-hydrogen) atoms. The monoisotopic (exact) mass is 247 g/mol. The van der Waals surface area contributed by atoms with Crippen molar-refractivity contribution >= 4 is 15.9 Å². The van der Waals surface area contributed by atoms with E-state index in [4.69, 9.17) is 10.00 Å². The molecule has 1 fully saturated rings. The number of sulfonamides is 1. The maximum Gasteiger partial charge on any atom is 0.234 e. The molecule has 7 nitrogen and oxygen atoms in total. The maximum absolute atomic E-state index is 11.7. The fourth-order valence-corrected chi connectivity index (χ4v) is 2.71. The zero-order valence-corrected chi connectivity index (χ0v) is 9.49. The van der Waals surface area contributed by atoms with E-state index in [0.717, 1.165) is 0 Å². The SMILES string of the molecule is N#CNC(=O)CCS(=O)(=O)N1CCOCC1. The molecule has 0 saturated carbocycles. The van der Waals surface area contributed by atoms with Crippen molar-refractivity contribution in [2.75, 3.05) is 32.1 Å². The first-order valence-electron chi connectivity index (χ1n) is 4.80. The highest BCUT2D eigenvalue weighted by atomic mass is 32.2. The molecule has 1 aliphatic heterocycles. The number of nitrogens with one attached hydrogen (secondary N) is 1. The number of carbonyl (C=O) groups is 1. The first kappa shape index (κ1) is 12.9. The summed E-state index contributed by atoms with van der Waals surface area (Å²) in [4.78, 5) is 10.9. The Balaban J connectivity index is 2.45. The van der Waals surface area contributed by atoms with Crippen molar-refractivity contribution in [3.05, 3.63) is 0 Å². The van der Waals surface area contributed by atoms with Gasteiger partial charge in [-0.3, -0.25) is 10.1 Å². The van der Waals surface area contributed by atoms with Crippen LogP contribution in [0.25, 0.3) is 0 Å². The number of morpholine rings is 1. The van der Waals surface area contributed by atoms with Crippen LogP contribution in [0, 0.1) is 11.5 Å². The molecule has 0 bridgehead atoms. The van der Waals surface area contributed by atoms with Crippen LogP contribution in [0.3, 0.4) is 0 Å². The summed E-state index contributed by atoms with van der Waals surface area (Å²) < 4.78 is 29.7. The number of hydrogen-bond donors (Lipinski definition) is 1. The van der Waals surface area contributed by atoms with Gasteiger partial charge in [0, 0.05) is 19.5 Å². The van der Waals surface area contributed by atoms with E-state index in [-0.39, 0.29) is 12.2 Å². The number of nitrogens with zero attached hydrogens (tertiary/aromatic N) is 2. The first-order chi connectivity index (χ1) is 7.56. The van der Waals surface area contributed by atoms with E-state index in [2.05, 4.69) is 0 Å². The second-order valence-corrected chi connectivity index (χ2v) is 5.33. The Morgan fingerprint density at radius 2 is 2.06 bits per heavy atom. The number of rotatable bonds is 4. The highest BCUT2D eigenvalue weighted by Gasteiger charge is 2.24. The first-order valence-corrected chi connectivity index (χ1v) is 6.40. The summed E-state index contributed by atoms with van der Waals surface area (Å²) in [6, 6.07) is 0. The summed E-state index contributed by atoms with van der Waals surface area (Å²) in [6.45, 7) is 1.40. The molecule has 0 aromatic rings. The minimum absolute atomic E-state index is 0.201. The third-order valence-electron chi connectivity index (χ3n) is 2.15. The molecule has 1 amide bonds. The Bertz CT molecular complexity index is 381. The number of ether oxygens (including phenoxy) is 1. The molecule has 0 spiro atoms. The fourth-order valence-electron chi connectivity index (χ4n) is 1.30. The Morgan fingerprint density at radius 3 is 2.62 bits per heavy atom. The predicted molar refractivity (Wildman–Crippen MR) is 54.6 cm³/mol. The zero-order valence-electron chi connectivity index (χ0n) is 8.68. The topological polar surface area (TPSA) is 99.5 Å². The van der Waals surface area contributed by atoms with Gasteiger partial charge < -0.3 is 4.74 Å². The second kappa shape index (κ2) is 5.79. The van der Waals surface area contributed by atoms with Crippen molar-refractivity contribution in [2.24, 2.45) is 0 Å². The summed E-state index contributed by atoms with van der Waals surface area (Å²) in [5.74, 6) is -0.861. The average molecular weight is 247 g/mol. The van der Waals surface area contributed by atoms with Crippen LogP contribution in [0.2, 0.25) is 0 Å². The van der Waals surface area contributed by atoms with Gasteiger partial charge in [0.25, 0.3) is 0 Å². The zero-order chi connectivity index (χ0) is 12.0. The van der Waals surface area contributed by atoms with Crippen LogP contribution in [0.5, 0.6) is 0 Å². The summed E-state index contributed by atoms with van der Waals surface area (Å²) >= 11 is 0. The fraction of sp³-hybridized carbons (Fsp3) is 0.750. The molecule has 0 aromatic carbocycles. The molecule has 0 aliphatic carbocycles. The van der Waals surface area contributed by atoms with Crippen LogP contribution in [-0.4, -0.2) is 50.7 Å². The highest BCUT2D eigenvalue weighted by Crippen LogP contribution is 2.06. The lowest BCUT2D eigenvalue weighted by Gasteiger charge is -2.25. The van der Waals surface area contributed by atoms with Crippen molar-refractivity contribution < 1.29 is 17.9 Å². The molecular formula is C8H13N3O4S. The highest BCUT2D eigenvalue weighted by molar-refractivity contribution is 7.89. The van der Waals surface area contributed by atoms with E-state index in [1.54, 1.807) is 0 Å². The van der Waals surface area contributed by atoms with Crippen LogP contribution in [-0.2, 0) is 19.6 Å². The summed E-state index contributed by atoms with van der Waals surface area (Å²) in [5, 5.41) is 10.0. The lowest BCUT2D eigenvalue weighted by atomic mass is 10.5. The summed E-state index contributed by atoms with van der Waals surface area (Å²) in [7, 11) is -3.41. The lowest BCUT2D eigenvalue weighted by molar-refractivity contribution is -0.119. The van der Waals surface area contributed by atoms with Crippen LogP contribution in [0.4, 0.5) is 0 Å². The largest absolute Gasteiger partial charge is 0.379 e. The van der Waals surface area contributed by atoms with Crippen molar-refractivity contribution in [3.63, 3.8) is 0 Å². The standard InChI is InChI=1S/C8H13N3O4S/c9-7-10-8(12)1-6-16(13,14)11-2-4-15-5-3-11/h1-6H2,(H,10,12). The van der Waals surface area contributed by atoms with E-state index < -0.39 is 15.9 Å². The maximum atomic E-state index is 11.7. The molecule has 0 aromatic heterocycles. The number of carbonyl (C=O) groups excluding carboxylic acids is 1. The molecule has 90 valence electrons. The molecule has 8 heteroatoms. The third-order valence-corrected chi connectivity index (χ3v) is 4.02. The smallest absolute Gasteiger partial charge is 0.234 e. The normalized spacial score (nSPS) is 17.7. The van der Waals surface area contributed by atoms with Gasteiger partial charge in [0.05, 0.1) is 19.0 Å². The van der Waals surface area contributed by atoms with Gasteiger partial charge in [-0.05, 0) is 0 Å². The minimum Gasteiger partial charge on any atom is -0.379 e. The summed E-state index contributed by atoms with van der Waals surface area (Å²) in [5.41, 5.74) is 0. The van der Waals surface area contributed by atoms with E-state index in [1.165, 1.54) is 10.5 Å². The van der Waals surface area contributed by atoms with E-state index in [0.29, 0.717) is 26.3 Å². The quantitative estimate of drug-likeness (QED) is 0.488. The molecule has 1 heterocycles. The Hall–Kier alpha value is -1.17. The van der Waals surface area contributed by atoms with Gasteiger partial charge in [-0.15, -0.1) is 0 Å². The second-order valence-electron chi connectivity index (χ2n) is 3.24. The molecule has 1 N–H and O–H groups in total. The van der Waals surface area contributed by atoms with Gasteiger partial charge >= 0.3 is 0 Å². The Labute approximate surface area is 94.0 Å². The van der Waals surface area contributed by atoms with Crippen LogP contribution >= 0.6 is 0 Å². The number of hydrogen-bond acceptors (Lipinski definition) is 5. The van der Waals surface area contributed by atoms with Gasteiger partial charge in [-0.1, -0.05) is 0 Å². The van der Waals surface area contributed by atoms with Crippen molar-refractivity contribution in [1.82, 2.24) is 9.62 Å². The van der Waals surface area contributed by atoms with E-state index >= 15 is 0 Å². The Morgan fingerprint density at radius 1 is 1.44 bits per heavy atom. The van der Waals surface area contributed by atoms with Crippen molar-refractivity contribution in [3.8, 4) is 6.19 Å². The molecule has 0 radical (unpaired) electrons. The van der Waals surface area contributed by atoms with Gasteiger partial charge in [-0.25, -0.2) is 8.42 Å². The van der Waals surface area contributed by atoms with Crippen LogP contribution in [0.15, 0.2) is 0 Å². The Kier molecular flexibility index (Phi) is 4.67. The van der Waals surface area contributed by atoms with Crippen LogP contribution in [0.1, 0.15) is 6.42 Å². The molecule has 0 unspecified atom stereocenters. The van der Waals surface area contributed by atoms with E-state index in [9.17, 15) is 13.2 Å². The van der Waals surface area contributed by atoms with Gasteiger partial charge in [-0.2, -0.15) is 9.57 Å². The summed E-state index contributed by atoms with van der Waals surface area (Å²) in [6.07, 6.45) is 1.25. The molecule has 0 atom stereocenters. The van der Waals surface area contributed by atoms with Gasteiger partial charge in [0.2, 0.25) is 15.9 Å².